The number of hydrogen-bond donors (Lipinski definition) is 1. The van der Waals surface area contributed by atoms with Crippen molar-refractivity contribution < 1.29 is 4.74 Å². The van der Waals surface area contributed by atoms with Gasteiger partial charge in [0.15, 0.2) is 5.65 Å². The smallest absolute Gasteiger partial charge is 0.276 e. The molecule has 0 radical (unpaired) electrons. The zero-order valence-corrected chi connectivity index (χ0v) is 19.6. The number of rotatable bonds is 5. The Hall–Kier alpha value is -3.98. The Morgan fingerprint density at radius 3 is 2.59 bits per heavy atom. The van der Waals surface area contributed by atoms with Gasteiger partial charge < -0.3 is 9.64 Å². The molecule has 172 valence electrons. The van der Waals surface area contributed by atoms with Gasteiger partial charge in [-0.25, -0.2) is 4.98 Å². The number of hydrogen-bond acceptors (Lipinski definition) is 4. The summed E-state index contributed by atoms with van der Waals surface area (Å²) in [6, 6.07) is 15.8. The highest BCUT2D eigenvalue weighted by molar-refractivity contribution is 5.86. The van der Waals surface area contributed by atoms with Crippen LogP contribution >= 0.6 is 0 Å². The van der Waals surface area contributed by atoms with Crippen molar-refractivity contribution in [3.63, 3.8) is 0 Å². The molecule has 1 N–H and O–H groups in total. The van der Waals surface area contributed by atoms with Crippen molar-refractivity contribution in [3.8, 4) is 29.4 Å². The number of nitrogens with one attached hydrogen (secondary N) is 1. The molecular formula is C28H28N4O2. The van der Waals surface area contributed by atoms with Crippen LogP contribution in [0, 0.1) is 19.3 Å². The topological polar surface area (TPSA) is 62.6 Å². The Bertz CT molecular complexity index is 1440. The zero-order valence-electron chi connectivity index (χ0n) is 19.6. The van der Waals surface area contributed by atoms with E-state index < -0.39 is 0 Å². The van der Waals surface area contributed by atoms with E-state index in [-0.39, 0.29) is 5.56 Å². The second-order valence-electron chi connectivity index (χ2n) is 8.74. The number of fused-ring (bicyclic) bond motifs is 1. The molecule has 4 aromatic rings. The summed E-state index contributed by atoms with van der Waals surface area (Å²) in [6.07, 6.45) is 9.61. The average molecular weight is 453 g/mol. The molecule has 0 spiro atoms. The minimum Gasteiger partial charge on any atom is -0.495 e. The highest BCUT2D eigenvalue weighted by Crippen LogP contribution is 2.35. The molecule has 2 aromatic carbocycles. The number of aromatic amines is 1. The maximum atomic E-state index is 13.7. The SMILES string of the molecule is C#Cc1cc(Cc2c(C)nc3c(N4CCCCC4)c(-c4ccccc4)[nH]n3c2=O)ccc1OC. The van der Waals surface area contributed by atoms with Gasteiger partial charge in [0, 0.05) is 36.3 Å². The van der Waals surface area contributed by atoms with Gasteiger partial charge in [0.25, 0.3) is 5.56 Å². The molecule has 34 heavy (non-hydrogen) atoms. The minimum atomic E-state index is -0.0824. The first kappa shape index (κ1) is 21.8. The van der Waals surface area contributed by atoms with E-state index in [1.165, 1.54) is 6.42 Å². The first-order chi connectivity index (χ1) is 16.6. The van der Waals surface area contributed by atoms with Gasteiger partial charge in [-0.1, -0.05) is 42.3 Å². The predicted octanol–water partition coefficient (Wildman–Crippen LogP) is 4.57. The molecule has 1 fully saturated rings. The van der Waals surface area contributed by atoms with Crippen molar-refractivity contribution in [2.75, 3.05) is 25.1 Å². The number of piperidine rings is 1. The summed E-state index contributed by atoms with van der Waals surface area (Å²) in [7, 11) is 1.60. The molecular weight excluding hydrogens is 424 g/mol. The Morgan fingerprint density at radius 1 is 1.12 bits per heavy atom. The number of nitrogens with zero attached hydrogens (tertiary/aromatic N) is 3. The molecule has 6 nitrogen and oxygen atoms in total. The van der Waals surface area contributed by atoms with Crippen LogP contribution < -0.4 is 15.2 Å². The first-order valence-corrected chi connectivity index (χ1v) is 11.7. The van der Waals surface area contributed by atoms with Gasteiger partial charge in [-0.2, -0.15) is 4.52 Å². The summed E-state index contributed by atoms with van der Waals surface area (Å²) in [6.45, 7) is 3.84. The number of methoxy groups -OCH3 is 1. The van der Waals surface area contributed by atoms with Crippen LogP contribution in [0.15, 0.2) is 53.3 Å². The quantitative estimate of drug-likeness (QED) is 0.451. The third-order valence-corrected chi connectivity index (χ3v) is 6.59. The summed E-state index contributed by atoms with van der Waals surface area (Å²) >= 11 is 0. The largest absolute Gasteiger partial charge is 0.495 e. The molecule has 0 saturated carbocycles. The highest BCUT2D eigenvalue weighted by Gasteiger charge is 2.24. The van der Waals surface area contributed by atoms with Gasteiger partial charge in [0.05, 0.1) is 18.4 Å². The van der Waals surface area contributed by atoms with Crippen LogP contribution in [0.2, 0.25) is 0 Å². The molecule has 0 bridgehead atoms. The fourth-order valence-corrected chi connectivity index (χ4v) is 4.81. The molecule has 0 aliphatic carbocycles. The maximum Gasteiger partial charge on any atom is 0.276 e. The number of anilines is 1. The fourth-order valence-electron chi connectivity index (χ4n) is 4.81. The van der Waals surface area contributed by atoms with Gasteiger partial charge in [-0.3, -0.25) is 9.89 Å². The van der Waals surface area contributed by atoms with E-state index in [0.717, 1.165) is 54.1 Å². The molecule has 2 aromatic heterocycles. The van der Waals surface area contributed by atoms with Gasteiger partial charge in [-0.15, -0.1) is 6.42 Å². The molecule has 5 rings (SSSR count). The molecule has 0 atom stereocenters. The number of terminal acetylenes is 1. The van der Waals surface area contributed by atoms with E-state index in [0.29, 0.717) is 28.9 Å². The average Bonchev–Trinajstić information content (AvgIpc) is 3.27. The van der Waals surface area contributed by atoms with Crippen molar-refractivity contribution in [1.29, 1.82) is 0 Å². The van der Waals surface area contributed by atoms with Crippen molar-refractivity contribution in [2.24, 2.45) is 0 Å². The van der Waals surface area contributed by atoms with Crippen molar-refractivity contribution in [1.82, 2.24) is 14.6 Å². The third kappa shape index (κ3) is 3.84. The fraction of sp³-hybridized carbons (Fsp3) is 0.286. The number of benzene rings is 2. The lowest BCUT2D eigenvalue weighted by atomic mass is 10.0. The Labute approximate surface area is 199 Å². The van der Waals surface area contributed by atoms with E-state index >= 15 is 0 Å². The molecule has 1 aliphatic rings. The Balaban J connectivity index is 1.66. The number of aryl methyl sites for hydroxylation is 1. The van der Waals surface area contributed by atoms with Gasteiger partial charge in [0.1, 0.15) is 11.4 Å². The number of ether oxygens (including phenoxy) is 1. The number of aromatic nitrogens is 3. The zero-order chi connectivity index (χ0) is 23.7. The van der Waals surface area contributed by atoms with Crippen LogP contribution in [0.3, 0.4) is 0 Å². The summed E-state index contributed by atoms with van der Waals surface area (Å²) < 4.78 is 6.94. The molecule has 3 heterocycles. The van der Waals surface area contributed by atoms with Crippen LogP contribution in [-0.2, 0) is 6.42 Å². The number of H-pyrrole nitrogens is 1. The standard InChI is InChI=1S/C28H28N4O2/c1-4-21-17-20(13-14-24(21)34-3)18-23-19(2)29-27-26(31-15-9-6-10-16-31)25(30-32(27)28(23)33)22-11-7-5-8-12-22/h1,5,7-8,11-14,17,30H,6,9-10,15-16,18H2,2-3H3. The lowest BCUT2D eigenvalue weighted by molar-refractivity contribution is 0.413. The Kier molecular flexibility index (Phi) is 5.85. The lowest BCUT2D eigenvalue weighted by Crippen LogP contribution is -2.30. The lowest BCUT2D eigenvalue weighted by Gasteiger charge is -2.28. The third-order valence-electron chi connectivity index (χ3n) is 6.59. The summed E-state index contributed by atoms with van der Waals surface area (Å²) in [5.41, 5.74) is 6.59. The van der Waals surface area contributed by atoms with Crippen LogP contribution in [0.5, 0.6) is 5.75 Å². The first-order valence-electron chi connectivity index (χ1n) is 11.7. The van der Waals surface area contributed by atoms with Crippen LogP contribution in [0.4, 0.5) is 5.69 Å². The van der Waals surface area contributed by atoms with E-state index in [1.807, 2.05) is 43.3 Å². The Morgan fingerprint density at radius 2 is 1.88 bits per heavy atom. The van der Waals surface area contributed by atoms with Crippen LogP contribution in [-0.4, -0.2) is 34.8 Å². The van der Waals surface area contributed by atoms with Crippen molar-refractivity contribution in [2.45, 2.75) is 32.6 Å². The summed E-state index contributed by atoms with van der Waals surface area (Å²) in [5, 5.41) is 3.39. The van der Waals surface area contributed by atoms with E-state index in [9.17, 15) is 4.79 Å². The predicted molar refractivity (Wildman–Crippen MR) is 136 cm³/mol. The van der Waals surface area contributed by atoms with E-state index in [2.05, 4.69) is 28.1 Å². The van der Waals surface area contributed by atoms with E-state index in [4.69, 9.17) is 16.1 Å². The van der Waals surface area contributed by atoms with Crippen LogP contribution in [0.25, 0.3) is 16.9 Å². The monoisotopic (exact) mass is 452 g/mol. The molecule has 0 amide bonds. The molecule has 0 unspecified atom stereocenters. The van der Waals surface area contributed by atoms with E-state index in [1.54, 1.807) is 11.6 Å². The second kappa shape index (κ2) is 9.11. The van der Waals surface area contributed by atoms with Gasteiger partial charge >= 0.3 is 0 Å². The van der Waals surface area contributed by atoms with Crippen molar-refractivity contribution in [3.05, 3.63) is 81.3 Å². The second-order valence-corrected chi connectivity index (χ2v) is 8.74. The molecule has 6 heteroatoms. The highest BCUT2D eigenvalue weighted by atomic mass is 16.5. The molecule has 1 saturated heterocycles. The summed E-state index contributed by atoms with van der Waals surface area (Å²) in [5.74, 6) is 3.31. The normalized spacial score (nSPS) is 13.7. The minimum absolute atomic E-state index is 0.0824. The molecule has 1 aliphatic heterocycles. The maximum absolute atomic E-state index is 13.7. The van der Waals surface area contributed by atoms with Gasteiger partial charge in [-0.05, 0) is 43.9 Å². The van der Waals surface area contributed by atoms with Crippen molar-refractivity contribution >= 4 is 11.3 Å². The van der Waals surface area contributed by atoms with Crippen LogP contribution in [0.1, 0.15) is 41.6 Å². The summed E-state index contributed by atoms with van der Waals surface area (Å²) in [4.78, 5) is 21.0. The van der Waals surface area contributed by atoms with Gasteiger partial charge in [0.2, 0.25) is 0 Å².